The van der Waals surface area contributed by atoms with Crippen LogP contribution >= 0.6 is 11.6 Å². The SMILES string of the molecule is COC(C)COC(=O)c1cccc(Cl)c1N. The van der Waals surface area contributed by atoms with Crippen molar-refractivity contribution in [3.8, 4) is 0 Å². The standard InChI is InChI=1S/C11H14ClNO3/c1-7(15-2)6-16-11(14)8-4-3-5-9(12)10(8)13/h3-5,7H,6,13H2,1-2H3. The van der Waals surface area contributed by atoms with Gasteiger partial charge in [-0.2, -0.15) is 0 Å². The van der Waals surface area contributed by atoms with Crippen molar-refractivity contribution in [2.24, 2.45) is 0 Å². The van der Waals surface area contributed by atoms with Crippen LogP contribution in [-0.2, 0) is 9.47 Å². The first-order valence-electron chi connectivity index (χ1n) is 4.80. The van der Waals surface area contributed by atoms with Crippen molar-refractivity contribution in [2.75, 3.05) is 19.5 Å². The first kappa shape index (κ1) is 12.8. The van der Waals surface area contributed by atoms with E-state index in [9.17, 15) is 4.79 Å². The van der Waals surface area contributed by atoms with Gasteiger partial charge in [0.1, 0.15) is 6.61 Å². The van der Waals surface area contributed by atoms with E-state index in [-0.39, 0.29) is 24.0 Å². The van der Waals surface area contributed by atoms with Gasteiger partial charge in [-0.3, -0.25) is 0 Å². The number of carbonyl (C=O) groups is 1. The molecule has 16 heavy (non-hydrogen) atoms. The van der Waals surface area contributed by atoms with Crippen LogP contribution in [0.25, 0.3) is 0 Å². The average Bonchev–Trinajstić information content (AvgIpc) is 2.29. The number of hydrogen-bond acceptors (Lipinski definition) is 4. The van der Waals surface area contributed by atoms with Crippen LogP contribution in [0.2, 0.25) is 5.02 Å². The van der Waals surface area contributed by atoms with Crippen molar-refractivity contribution in [2.45, 2.75) is 13.0 Å². The summed E-state index contributed by atoms with van der Waals surface area (Å²) in [6.45, 7) is 1.98. The van der Waals surface area contributed by atoms with E-state index in [4.69, 9.17) is 26.8 Å². The Kier molecular flexibility index (Phi) is 4.58. The summed E-state index contributed by atoms with van der Waals surface area (Å²) in [5.74, 6) is -0.496. The Morgan fingerprint density at radius 3 is 2.88 bits per heavy atom. The highest BCUT2D eigenvalue weighted by Gasteiger charge is 2.14. The molecule has 0 bridgehead atoms. The van der Waals surface area contributed by atoms with Crippen molar-refractivity contribution in [3.63, 3.8) is 0 Å². The molecule has 88 valence electrons. The predicted octanol–water partition coefficient (Wildman–Crippen LogP) is 2.11. The van der Waals surface area contributed by atoms with Crippen LogP contribution in [0.3, 0.4) is 0 Å². The monoisotopic (exact) mass is 243 g/mol. The zero-order chi connectivity index (χ0) is 12.1. The van der Waals surface area contributed by atoms with Crippen LogP contribution in [0.4, 0.5) is 5.69 Å². The number of esters is 1. The van der Waals surface area contributed by atoms with E-state index < -0.39 is 5.97 Å². The second-order valence-corrected chi connectivity index (χ2v) is 3.75. The molecular formula is C11H14ClNO3. The number of para-hydroxylation sites is 1. The van der Waals surface area contributed by atoms with Crippen molar-refractivity contribution >= 4 is 23.3 Å². The van der Waals surface area contributed by atoms with E-state index in [1.54, 1.807) is 32.2 Å². The van der Waals surface area contributed by atoms with Gasteiger partial charge in [0, 0.05) is 7.11 Å². The second kappa shape index (κ2) is 5.72. The maximum atomic E-state index is 11.6. The quantitative estimate of drug-likeness (QED) is 0.650. The average molecular weight is 244 g/mol. The van der Waals surface area contributed by atoms with Gasteiger partial charge >= 0.3 is 5.97 Å². The predicted molar refractivity (Wildman–Crippen MR) is 62.6 cm³/mol. The molecule has 1 aromatic rings. The van der Waals surface area contributed by atoms with Crippen molar-refractivity contribution < 1.29 is 14.3 Å². The summed E-state index contributed by atoms with van der Waals surface area (Å²) in [6, 6.07) is 4.83. The Morgan fingerprint density at radius 2 is 2.25 bits per heavy atom. The van der Waals surface area contributed by atoms with Crippen molar-refractivity contribution in [3.05, 3.63) is 28.8 Å². The van der Waals surface area contributed by atoms with Gasteiger partial charge in [0.2, 0.25) is 0 Å². The molecule has 0 spiro atoms. The highest BCUT2D eigenvalue weighted by atomic mass is 35.5. The van der Waals surface area contributed by atoms with Gasteiger partial charge in [-0.1, -0.05) is 17.7 Å². The largest absolute Gasteiger partial charge is 0.459 e. The van der Waals surface area contributed by atoms with Gasteiger partial charge in [0.25, 0.3) is 0 Å². The Balaban J connectivity index is 2.70. The van der Waals surface area contributed by atoms with Gasteiger partial charge in [0.05, 0.1) is 22.4 Å². The van der Waals surface area contributed by atoms with E-state index >= 15 is 0 Å². The number of nitrogen functional groups attached to an aromatic ring is 1. The number of hydrogen-bond donors (Lipinski definition) is 1. The third-order valence-corrected chi connectivity index (χ3v) is 2.45. The lowest BCUT2D eigenvalue weighted by molar-refractivity contribution is 0.0170. The van der Waals surface area contributed by atoms with E-state index in [1.807, 2.05) is 0 Å². The molecule has 0 radical (unpaired) electrons. The Bertz CT molecular complexity index is 381. The lowest BCUT2D eigenvalue weighted by Crippen LogP contribution is -2.18. The summed E-state index contributed by atoms with van der Waals surface area (Å²) in [4.78, 5) is 11.6. The maximum Gasteiger partial charge on any atom is 0.340 e. The summed E-state index contributed by atoms with van der Waals surface area (Å²) >= 11 is 5.79. The lowest BCUT2D eigenvalue weighted by Gasteiger charge is -2.11. The molecule has 1 atom stereocenters. The summed E-state index contributed by atoms with van der Waals surface area (Å²) in [7, 11) is 1.55. The van der Waals surface area contributed by atoms with Gasteiger partial charge in [-0.15, -0.1) is 0 Å². The number of rotatable bonds is 4. The number of ether oxygens (including phenoxy) is 2. The minimum atomic E-state index is -0.496. The first-order valence-corrected chi connectivity index (χ1v) is 5.18. The molecule has 0 fully saturated rings. The zero-order valence-corrected chi connectivity index (χ0v) is 9.95. The molecule has 0 aromatic heterocycles. The molecule has 0 amide bonds. The van der Waals surface area contributed by atoms with Gasteiger partial charge in [-0.25, -0.2) is 4.79 Å². The number of anilines is 1. The molecule has 1 rings (SSSR count). The maximum absolute atomic E-state index is 11.6. The number of benzene rings is 1. The Hall–Kier alpha value is -1.26. The third-order valence-electron chi connectivity index (χ3n) is 2.12. The van der Waals surface area contributed by atoms with Crippen LogP contribution in [0, 0.1) is 0 Å². The van der Waals surface area contributed by atoms with Crippen molar-refractivity contribution in [1.82, 2.24) is 0 Å². The fourth-order valence-electron chi connectivity index (χ4n) is 1.05. The number of nitrogens with two attached hydrogens (primary N) is 1. The minimum absolute atomic E-state index is 0.149. The molecule has 4 nitrogen and oxygen atoms in total. The summed E-state index contributed by atoms with van der Waals surface area (Å²) in [5, 5.41) is 0.342. The molecule has 0 saturated carbocycles. The molecule has 1 aromatic carbocycles. The smallest absolute Gasteiger partial charge is 0.340 e. The topological polar surface area (TPSA) is 61.5 Å². The highest BCUT2D eigenvalue weighted by Crippen LogP contribution is 2.22. The fourth-order valence-corrected chi connectivity index (χ4v) is 1.23. The summed E-state index contributed by atoms with van der Waals surface area (Å²) in [5.41, 5.74) is 6.17. The normalized spacial score (nSPS) is 12.2. The van der Waals surface area contributed by atoms with E-state index in [1.165, 1.54) is 0 Å². The first-order chi connectivity index (χ1) is 7.56. The fraction of sp³-hybridized carbons (Fsp3) is 0.364. The van der Waals surface area contributed by atoms with Crippen LogP contribution in [0.15, 0.2) is 18.2 Å². The highest BCUT2D eigenvalue weighted by molar-refractivity contribution is 6.33. The molecule has 5 heteroatoms. The molecule has 0 saturated heterocycles. The number of carbonyl (C=O) groups excluding carboxylic acids is 1. The minimum Gasteiger partial charge on any atom is -0.459 e. The van der Waals surface area contributed by atoms with Crippen LogP contribution in [0.5, 0.6) is 0 Å². The Labute approximate surface area is 99.3 Å². The molecular weight excluding hydrogens is 230 g/mol. The third kappa shape index (κ3) is 3.12. The Morgan fingerprint density at radius 1 is 1.56 bits per heavy atom. The number of halogens is 1. The lowest BCUT2D eigenvalue weighted by atomic mass is 10.2. The molecule has 0 aliphatic rings. The zero-order valence-electron chi connectivity index (χ0n) is 9.20. The summed E-state index contributed by atoms with van der Waals surface area (Å²) < 4.78 is 9.97. The molecule has 0 aliphatic carbocycles. The van der Waals surface area contributed by atoms with Gasteiger partial charge in [-0.05, 0) is 19.1 Å². The van der Waals surface area contributed by atoms with Gasteiger partial charge < -0.3 is 15.2 Å². The summed E-state index contributed by atoms with van der Waals surface area (Å²) in [6.07, 6.45) is -0.149. The van der Waals surface area contributed by atoms with E-state index in [0.717, 1.165) is 0 Å². The van der Waals surface area contributed by atoms with Crippen LogP contribution < -0.4 is 5.73 Å². The van der Waals surface area contributed by atoms with Crippen LogP contribution in [-0.4, -0.2) is 25.8 Å². The molecule has 0 heterocycles. The van der Waals surface area contributed by atoms with Crippen LogP contribution in [0.1, 0.15) is 17.3 Å². The molecule has 0 aliphatic heterocycles. The molecule has 1 unspecified atom stereocenters. The van der Waals surface area contributed by atoms with Gasteiger partial charge in [0.15, 0.2) is 0 Å². The van der Waals surface area contributed by atoms with E-state index in [2.05, 4.69) is 0 Å². The van der Waals surface area contributed by atoms with E-state index in [0.29, 0.717) is 5.02 Å². The van der Waals surface area contributed by atoms with Crippen molar-refractivity contribution in [1.29, 1.82) is 0 Å². The second-order valence-electron chi connectivity index (χ2n) is 3.35. The number of methoxy groups -OCH3 is 1. The molecule has 2 N–H and O–H groups in total.